The van der Waals surface area contributed by atoms with Crippen molar-refractivity contribution in [1.29, 1.82) is 0 Å². The van der Waals surface area contributed by atoms with Gasteiger partial charge in [0.15, 0.2) is 0 Å². The van der Waals surface area contributed by atoms with Gasteiger partial charge in [0.2, 0.25) is 10.0 Å². The van der Waals surface area contributed by atoms with E-state index in [4.69, 9.17) is 0 Å². The topological polar surface area (TPSA) is 82.7 Å². The summed E-state index contributed by atoms with van der Waals surface area (Å²) < 4.78 is 67.4. The molecule has 2 heterocycles. The van der Waals surface area contributed by atoms with Crippen molar-refractivity contribution in [1.82, 2.24) is 14.2 Å². The molecular formula is C20H18F3N3O4S. The molecule has 3 aromatic rings. The number of para-hydroxylation sites is 1. The Balaban J connectivity index is 1.42. The van der Waals surface area contributed by atoms with Crippen LogP contribution >= 0.6 is 0 Å². The summed E-state index contributed by atoms with van der Waals surface area (Å²) in [4.78, 5) is 17.3. The fourth-order valence-corrected chi connectivity index (χ4v) is 4.88. The second-order valence-corrected chi connectivity index (χ2v) is 8.92. The maximum absolute atomic E-state index is 12.8. The number of piperazine rings is 1. The van der Waals surface area contributed by atoms with Crippen LogP contribution in [0.25, 0.3) is 10.9 Å². The Labute approximate surface area is 176 Å². The molecule has 1 fully saturated rings. The number of aromatic amines is 1. The van der Waals surface area contributed by atoms with E-state index in [0.29, 0.717) is 5.69 Å². The summed E-state index contributed by atoms with van der Waals surface area (Å²) in [5, 5.41) is 0.907. The van der Waals surface area contributed by atoms with Gasteiger partial charge in [-0.2, -0.15) is 4.31 Å². The Morgan fingerprint density at radius 2 is 1.61 bits per heavy atom. The number of hydrogen-bond acceptors (Lipinski definition) is 4. The monoisotopic (exact) mass is 453 g/mol. The molecule has 1 aromatic heterocycles. The number of nitrogens with one attached hydrogen (secondary N) is 1. The van der Waals surface area contributed by atoms with E-state index in [1.54, 1.807) is 11.0 Å². The predicted octanol–water partition coefficient (Wildman–Crippen LogP) is 3.21. The van der Waals surface area contributed by atoms with E-state index in [1.165, 1.54) is 4.31 Å². The van der Waals surface area contributed by atoms with Crippen LogP contribution in [-0.2, 0) is 10.0 Å². The van der Waals surface area contributed by atoms with Gasteiger partial charge in [-0.3, -0.25) is 4.79 Å². The number of fused-ring (bicyclic) bond motifs is 1. The maximum Gasteiger partial charge on any atom is 0.573 e. The molecule has 1 amide bonds. The van der Waals surface area contributed by atoms with Crippen molar-refractivity contribution in [3.05, 3.63) is 60.3 Å². The molecule has 11 heteroatoms. The molecule has 0 atom stereocenters. The fourth-order valence-electron chi connectivity index (χ4n) is 3.45. The summed E-state index contributed by atoms with van der Waals surface area (Å²) >= 11 is 0. The Morgan fingerprint density at radius 1 is 0.968 bits per heavy atom. The summed E-state index contributed by atoms with van der Waals surface area (Å²) in [6, 6.07) is 13.3. The summed E-state index contributed by atoms with van der Waals surface area (Å²) in [5.41, 5.74) is 1.27. The molecular weight excluding hydrogens is 435 g/mol. The number of carbonyl (C=O) groups is 1. The summed E-state index contributed by atoms with van der Waals surface area (Å²) in [7, 11) is -3.91. The molecule has 7 nitrogen and oxygen atoms in total. The summed E-state index contributed by atoms with van der Waals surface area (Å²) in [6.07, 6.45) is -4.85. The average Bonchev–Trinajstić information content (AvgIpc) is 3.17. The number of sulfonamides is 1. The molecule has 0 aliphatic carbocycles. The number of hydrogen-bond donors (Lipinski definition) is 1. The van der Waals surface area contributed by atoms with Gasteiger partial charge >= 0.3 is 6.36 Å². The van der Waals surface area contributed by atoms with Crippen molar-refractivity contribution < 1.29 is 31.1 Å². The normalized spacial score (nSPS) is 15.9. The van der Waals surface area contributed by atoms with Crippen LogP contribution in [0.1, 0.15) is 10.5 Å². The number of nitrogens with zero attached hydrogens (tertiary/aromatic N) is 2. The van der Waals surface area contributed by atoms with Crippen molar-refractivity contribution >= 4 is 26.8 Å². The lowest BCUT2D eigenvalue weighted by Crippen LogP contribution is -2.50. The largest absolute Gasteiger partial charge is 0.573 e. The van der Waals surface area contributed by atoms with Crippen LogP contribution in [0.3, 0.4) is 0 Å². The number of benzene rings is 2. The van der Waals surface area contributed by atoms with Gasteiger partial charge in [-0.05, 0) is 36.4 Å². The Morgan fingerprint density at radius 3 is 2.23 bits per heavy atom. The lowest BCUT2D eigenvalue weighted by atomic mass is 10.2. The lowest BCUT2D eigenvalue weighted by molar-refractivity contribution is -0.274. The van der Waals surface area contributed by atoms with Gasteiger partial charge in [-0.1, -0.05) is 18.2 Å². The Kier molecular flexibility index (Phi) is 5.40. The zero-order chi connectivity index (χ0) is 22.2. The standard InChI is InChI=1S/C20H18F3N3O4S/c21-20(22,23)30-15-5-7-16(8-6-15)31(28,29)26-11-9-25(10-12-26)19(27)18-13-14-3-1-2-4-17(14)24-18/h1-8,13,24H,9-12H2. The van der Waals surface area contributed by atoms with Gasteiger partial charge in [0, 0.05) is 37.1 Å². The minimum Gasteiger partial charge on any atom is -0.406 e. The van der Waals surface area contributed by atoms with E-state index >= 15 is 0 Å². The number of halogens is 3. The van der Waals surface area contributed by atoms with E-state index in [9.17, 15) is 26.4 Å². The molecule has 1 N–H and O–H groups in total. The SMILES string of the molecule is O=C(c1cc2ccccc2[nH]1)N1CCN(S(=O)(=O)c2ccc(OC(F)(F)F)cc2)CC1. The number of rotatable bonds is 4. The molecule has 31 heavy (non-hydrogen) atoms. The highest BCUT2D eigenvalue weighted by Gasteiger charge is 2.33. The smallest absolute Gasteiger partial charge is 0.406 e. The maximum atomic E-state index is 12.8. The second-order valence-electron chi connectivity index (χ2n) is 6.99. The van der Waals surface area contributed by atoms with Gasteiger partial charge in [-0.25, -0.2) is 8.42 Å². The first-order chi connectivity index (χ1) is 14.6. The molecule has 4 rings (SSSR count). The molecule has 0 unspecified atom stereocenters. The van der Waals surface area contributed by atoms with Gasteiger partial charge in [0.25, 0.3) is 5.91 Å². The van der Waals surface area contributed by atoms with Crippen LogP contribution in [0.4, 0.5) is 13.2 Å². The minimum absolute atomic E-state index is 0.0785. The highest BCUT2D eigenvalue weighted by Crippen LogP contribution is 2.26. The quantitative estimate of drug-likeness (QED) is 0.658. The molecule has 1 aliphatic heterocycles. The van der Waals surface area contributed by atoms with Crippen molar-refractivity contribution in [2.24, 2.45) is 0 Å². The van der Waals surface area contributed by atoms with E-state index in [2.05, 4.69) is 9.72 Å². The first-order valence-corrected chi connectivity index (χ1v) is 10.8. The summed E-state index contributed by atoms with van der Waals surface area (Å²) in [6.45, 7) is 0.551. The van der Waals surface area contributed by atoms with Crippen LogP contribution in [0.2, 0.25) is 0 Å². The minimum atomic E-state index is -4.85. The third kappa shape index (κ3) is 4.52. The van der Waals surface area contributed by atoms with Gasteiger partial charge in [-0.15, -0.1) is 13.2 Å². The Bertz CT molecular complexity index is 1170. The molecule has 0 radical (unpaired) electrons. The molecule has 0 spiro atoms. The molecule has 164 valence electrons. The number of alkyl halides is 3. The number of carbonyl (C=O) groups excluding carboxylic acids is 1. The van der Waals surface area contributed by atoms with E-state index in [1.807, 2.05) is 24.3 Å². The van der Waals surface area contributed by atoms with Crippen LogP contribution in [-0.4, -0.2) is 61.1 Å². The third-order valence-corrected chi connectivity index (χ3v) is 6.89. The average molecular weight is 453 g/mol. The summed E-state index contributed by atoms with van der Waals surface area (Å²) in [5.74, 6) is -0.720. The number of ether oxygens (including phenoxy) is 1. The zero-order valence-electron chi connectivity index (χ0n) is 16.1. The fraction of sp³-hybridized carbons (Fsp3) is 0.250. The first-order valence-electron chi connectivity index (χ1n) is 9.36. The van der Waals surface area contributed by atoms with Crippen molar-refractivity contribution in [3.63, 3.8) is 0 Å². The second kappa shape index (κ2) is 7.89. The van der Waals surface area contributed by atoms with Gasteiger partial charge in [0.1, 0.15) is 11.4 Å². The molecule has 2 aromatic carbocycles. The molecule has 0 saturated carbocycles. The third-order valence-electron chi connectivity index (χ3n) is 4.98. The highest BCUT2D eigenvalue weighted by atomic mass is 32.2. The van der Waals surface area contributed by atoms with Crippen molar-refractivity contribution in [2.45, 2.75) is 11.3 Å². The van der Waals surface area contributed by atoms with E-state index in [-0.39, 0.29) is 37.0 Å². The number of amides is 1. The molecule has 0 bridgehead atoms. The highest BCUT2D eigenvalue weighted by molar-refractivity contribution is 7.89. The number of H-pyrrole nitrogens is 1. The molecule has 1 saturated heterocycles. The Hall–Kier alpha value is -3.05. The van der Waals surface area contributed by atoms with Crippen molar-refractivity contribution in [2.75, 3.05) is 26.2 Å². The van der Waals surface area contributed by atoms with Crippen LogP contribution in [0.5, 0.6) is 5.75 Å². The van der Waals surface area contributed by atoms with Crippen molar-refractivity contribution in [3.8, 4) is 5.75 Å². The van der Waals surface area contributed by atoms with E-state index < -0.39 is 22.1 Å². The van der Waals surface area contributed by atoms with E-state index in [0.717, 1.165) is 35.2 Å². The van der Waals surface area contributed by atoms with Gasteiger partial charge < -0.3 is 14.6 Å². The predicted molar refractivity (Wildman–Crippen MR) is 106 cm³/mol. The zero-order valence-corrected chi connectivity index (χ0v) is 16.9. The first kappa shape index (κ1) is 21.2. The van der Waals surface area contributed by atoms with Crippen LogP contribution in [0, 0.1) is 0 Å². The van der Waals surface area contributed by atoms with Crippen LogP contribution in [0.15, 0.2) is 59.5 Å². The lowest BCUT2D eigenvalue weighted by Gasteiger charge is -2.33. The van der Waals surface area contributed by atoms with Crippen LogP contribution < -0.4 is 4.74 Å². The van der Waals surface area contributed by atoms with Gasteiger partial charge in [0.05, 0.1) is 4.90 Å². The number of aromatic nitrogens is 1. The molecule has 1 aliphatic rings.